The molecular weight excluding hydrogens is 327 g/mol. The lowest BCUT2D eigenvalue weighted by Gasteiger charge is -2.10. The second-order valence-electron chi connectivity index (χ2n) is 3.57. The van der Waals surface area contributed by atoms with Crippen LogP contribution >= 0.6 is 38.9 Å². The largest absolute Gasteiger partial charge is 0.387 e. The first kappa shape index (κ1) is 13.0. The fraction of sp³-hybridized carbons (Fsp3) is 0.167. The van der Waals surface area contributed by atoms with Crippen LogP contribution in [0.25, 0.3) is 0 Å². The van der Waals surface area contributed by atoms with Crippen molar-refractivity contribution in [3.8, 4) is 0 Å². The third-order valence-electron chi connectivity index (χ3n) is 2.37. The Hall–Kier alpha value is -0.420. The summed E-state index contributed by atoms with van der Waals surface area (Å²) < 4.78 is 14.3. The van der Waals surface area contributed by atoms with Crippen LogP contribution in [0.2, 0.25) is 4.34 Å². The van der Waals surface area contributed by atoms with Crippen molar-refractivity contribution >= 4 is 38.9 Å². The lowest BCUT2D eigenvalue weighted by atomic mass is 10.1. The molecule has 1 aromatic carbocycles. The van der Waals surface area contributed by atoms with E-state index in [1.54, 1.807) is 24.3 Å². The van der Waals surface area contributed by atoms with E-state index < -0.39 is 6.10 Å². The third kappa shape index (κ3) is 3.07. The molecule has 1 heterocycles. The van der Waals surface area contributed by atoms with Crippen LogP contribution in [0.1, 0.15) is 16.5 Å². The van der Waals surface area contributed by atoms with E-state index in [2.05, 4.69) is 15.9 Å². The summed E-state index contributed by atoms with van der Waals surface area (Å²) in [5.41, 5.74) is 0.738. The SMILES string of the molecule is OC(Cc1cccc(F)c1Br)c1ccc(Cl)s1. The number of rotatable bonds is 3. The van der Waals surface area contributed by atoms with Crippen molar-refractivity contribution in [2.24, 2.45) is 0 Å². The highest BCUT2D eigenvalue weighted by atomic mass is 79.9. The first-order valence-corrected chi connectivity index (χ1v) is 6.93. The molecule has 0 spiro atoms. The molecule has 0 bridgehead atoms. The molecule has 0 aliphatic carbocycles. The Morgan fingerprint density at radius 1 is 1.35 bits per heavy atom. The molecule has 90 valence electrons. The van der Waals surface area contributed by atoms with Crippen molar-refractivity contribution in [3.63, 3.8) is 0 Å². The van der Waals surface area contributed by atoms with E-state index in [4.69, 9.17) is 11.6 Å². The molecule has 0 saturated heterocycles. The molecule has 2 aromatic rings. The second-order valence-corrected chi connectivity index (χ2v) is 6.11. The zero-order chi connectivity index (χ0) is 12.4. The zero-order valence-corrected chi connectivity index (χ0v) is 11.8. The van der Waals surface area contributed by atoms with Gasteiger partial charge in [0, 0.05) is 11.3 Å². The van der Waals surface area contributed by atoms with Crippen LogP contribution in [-0.4, -0.2) is 5.11 Å². The number of aliphatic hydroxyl groups excluding tert-OH is 1. The monoisotopic (exact) mass is 334 g/mol. The Morgan fingerprint density at radius 2 is 2.12 bits per heavy atom. The minimum Gasteiger partial charge on any atom is -0.387 e. The summed E-state index contributed by atoms with van der Waals surface area (Å²) in [7, 11) is 0. The van der Waals surface area contributed by atoms with Gasteiger partial charge in [-0.05, 0) is 39.7 Å². The van der Waals surface area contributed by atoms with Crippen molar-refractivity contribution in [2.45, 2.75) is 12.5 Å². The summed E-state index contributed by atoms with van der Waals surface area (Å²) in [6.07, 6.45) is -0.305. The van der Waals surface area contributed by atoms with Gasteiger partial charge < -0.3 is 5.11 Å². The van der Waals surface area contributed by atoms with E-state index in [-0.39, 0.29) is 5.82 Å². The Balaban J connectivity index is 2.18. The van der Waals surface area contributed by atoms with Crippen LogP contribution in [0.5, 0.6) is 0 Å². The molecule has 1 nitrogen and oxygen atoms in total. The van der Waals surface area contributed by atoms with Crippen molar-refractivity contribution in [1.82, 2.24) is 0 Å². The zero-order valence-electron chi connectivity index (χ0n) is 8.66. The van der Waals surface area contributed by atoms with Gasteiger partial charge in [0.05, 0.1) is 14.9 Å². The Kier molecular flexibility index (Phi) is 4.20. The minimum absolute atomic E-state index is 0.320. The highest BCUT2D eigenvalue weighted by molar-refractivity contribution is 9.10. The number of thiophene rings is 1. The lowest BCUT2D eigenvalue weighted by Crippen LogP contribution is -2.01. The van der Waals surface area contributed by atoms with Crippen molar-refractivity contribution in [3.05, 3.63) is 55.4 Å². The van der Waals surface area contributed by atoms with E-state index in [0.29, 0.717) is 15.2 Å². The van der Waals surface area contributed by atoms with E-state index in [1.165, 1.54) is 17.4 Å². The molecule has 0 radical (unpaired) electrons. The quantitative estimate of drug-likeness (QED) is 0.870. The van der Waals surface area contributed by atoms with E-state index >= 15 is 0 Å². The van der Waals surface area contributed by atoms with Crippen LogP contribution < -0.4 is 0 Å². The number of hydrogen-bond donors (Lipinski definition) is 1. The van der Waals surface area contributed by atoms with Gasteiger partial charge in [0.1, 0.15) is 5.82 Å². The predicted octanol–water partition coefficient (Wildman–Crippen LogP) is 4.58. The molecule has 0 aliphatic rings. The molecule has 1 unspecified atom stereocenters. The highest BCUT2D eigenvalue weighted by Crippen LogP contribution is 2.31. The van der Waals surface area contributed by atoms with Gasteiger partial charge in [-0.3, -0.25) is 0 Å². The van der Waals surface area contributed by atoms with Crippen LogP contribution in [0.15, 0.2) is 34.8 Å². The highest BCUT2D eigenvalue weighted by Gasteiger charge is 2.14. The Bertz CT molecular complexity index is 529. The Labute approximate surface area is 116 Å². The molecule has 5 heteroatoms. The summed E-state index contributed by atoms with van der Waals surface area (Å²) in [5.74, 6) is -0.320. The van der Waals surface area contributed by atoms with Crippen LogP contribution in [0.4, 0.5) is 4.39 Å². The third-order valence-corrected chi connectivity index (χ3v) is 4.59. The van der Waals surface area contributed by atoms with Gasteiger partial charge in [0.25, 0.3) is 0 Å². The van der Waals surface area contributed by atoms with E-state index in [1.807, 2.05) is 0 Å². The maximum atomic E-state index is 13.3. The molecule has 2 rings (SSSR count). The molecule has 1 atom stereocenters. The fourth-order valence-corrected chi connectivity index (χ4v) is 3.00. The predicted molar refractivity (Wildman–Crippen MR) is 72.1 cm³/mol. The summed E-state index contributed by atoms with van der Waals surface area (Å²) in [6, 6.07) is 8.31. The summed E-state index contributed by atoms with van der Waals surface area (Å²) >= 11 is 10.3. The van der Waals surface area contributed by atoms with Crippen LogP contribution in [0, 0.1) is 5.82 Å². The van der Waals surface area contributed by atoms with Crippen LogP contribution in [-0.2, 0) is 6.42 Å². The smallest absolute Gasteiger partial charge is 0.137 e. The van der Waals surface area contributed by atoms with Gasteiger partial charge in [0.2, 0.25) is 0 Å². The number of benzene rings is 1. The number of hydrogen-bond acceptors (Lipinski definition) is 2. The molecule has 0 fully saturated rings. The van der Waals surface area contributed by atoms with Gasteiger partial charge in [-0.15, -0.1) is 11.3 Å². The van der Waals surface area contributed by atoms with Gasteiger partial charge in [-0.1, -0.05) is 23.7 Å². The van der Waals surface area contributed by atoms with Crippen molar-refractivity contribution in [2.75, 3.05) is 0 Å². The first-order valence-electron chi connectivity index (χ1n) is 4.94. The average Bonchev–Trinajstić information content (AvgIpc) is 2.72. The molecule has 0 saturated carbocycles. The molecule has 0 aliphatic heterocycles. The van der Waals surface area contributed by atoms with Crippen molar-refractivity contribution < 1.29 is 9.50 Å². The molecule has 1 N–H and O–H groups in total. The van der Waals surface area contributed by atoms with Gasteiger partial charge in [-0.25, -0.2) is 4.39 Å². The van der Waals surface area contributed by atoms with E-state index in [0.717, 1.165) is 10.4 Å². The fourth-order valence-electron chi connectivity index (χ4n) is 1.52. The Morgan fingerprint density at radius 3 is 2.76 bits per heavy atom. The topological polar surface area (TPSA) is 20.2 Å². The normalized spacial score (nSPS) is 12.7. The maximum Gasteiger partial charge on any atom is 0.137 e. The summed E-state index contributed by atoms with van der Waals surface area (Å²) in [4.78, 5) is 0.783. The molecular formula is C12H9BrClFOS. The lowest BCUT2D eigenvalue weighted by molar-refractivity contribution is 0.182. The van der Waals surface area contributed by atoms with Crippen LogP contribution in [0.3, 0.4) is 0 Å². The minimum atomic E-state index is -0.661. The van der Waals surface area contributed by atoms with Gasteiger partial charge in [0.15, 0.2) is 0 Å². The maximum absolute atomic E-state index is 13.3. The first-order chi connectivity index (χ1) is 8.08. The number of aliphatic hydroxyl groups is 1. The molecule has 17 heavy (non-hydrogen) atoms. The summed E-state index contributed by atoms with van der Waals surface area (Å²) in [6.45, 7) is 0. The number of halogens is 3. The molecule has 1 aromatic heterocycles. The molecule has 0 amide bonds. The second kappa shape index (κ2) is 5.48. The van der Waals surface area contributed by atoms with Gasteiger partial charge in [-0.2, -0.15) is 0 Å². The van der Waals surface area contributed by atoms with Gasteiger partial charge >= 0.3 is 0 Å². The summed E-state index contributed by atoms with van der Waals surface area (Å²) in [5, 5.41) is 10.0. The van der Waals surface area contributed by atoms with E-state index in [9.17, 15) is 9.50 Å². The van der Waals surface area contributed by atoms with Crippen molar-refractivity contribution in [1.29, 1.82) is 0 Å². The standard InChI is InChI=1S/C12H9BrClFOS/c13-12-7(2-1-3-8(12)15)6-9(16)10-4-5-11(14)17-10/h1-5,9,16H,6H2. The average molecular weight is 336 g/mol.